The summed E-state index contributed by atoms with van der Waals surface area (Å²) < 4.78 is 16.2. The highest BCUT2D eigenvalue weighted by Gasteiger charge is 2.28. The molecule has 7 heteroatoms. The van der Waals surface area contributed by atoms with E-state index < -0.39 is 0 Å². The minimum Gasteiger partial charge on any atom is -0.493 e. The van der Waals surface area contributed by atoms with E-state index in [0.29, 0.717) is 23.8 Å². The van der Waals surface area contributed by atoms with Gasteiger partial charge in [0.05, 0.1) is 27.2 Å². The van der Waals surface area contributed by atoms with Gasteiger partial charge < -0.3 is 19.1 Å². The van der Waals surface area contributed by atoms with Crippen molar-refractivity contribution >= 4 is 17.5 Å². The molecule has 31 heavy (non-hydrogen) atoms. The maximum absolute atomic E-state index is 13.2. The summed E-state index contributed by atoms with van der Waals surface area (Å²) in [5.74, 6) is 1.88. The number of amides is 1. The lowest BCUT2D eigenvalue weighted by molar-refractivity contribution is -0.136. The van der Waals surface area contributed by atoms with E-state index in [2.05, 4.69) is 4.90 Å². The predicted molar refractivity (Wildman–Crippen MR) is 122 cm³/mol. The van der Waals surface area contributed by atoms with Crippen molar-refractivity contribution < 1.29 is 19.0 Å². The van der Waals surface area contributed by atoms with Gasteiger partial charge in [-0.25, -0.2) is 0 Å². The molecule has 1 saturated heterocycles. The molecule has 1 aliphatic heterocycles. The lowest BCUT2D eigenvalue weighted by Gasteiger charge is -2.34. The van der Waals surface area contributed by atoms with E-state index >= 15 is 0 Å². The van der Waals surface area contributed by atoms with Gasteiger partial charge in [0, 0.05) is 31.7 Å². The molecule has 0 aromatic heterocycles. The van der Waals surface area contributed by atoms with Crippen LogP contribution in [0.25, 0.3) is 0 Å². The zero-order valence-electron chi connectivity index (χ0n) is 18.7. The summed E-state index contributed by atoms with van der Waals surface area (Å²) in [7, 11) is 6.61. The van der Waals surface area contributed by atoms with Crippen LogP contribution < -0.4 is 14.2 Å². The molecule has 0 saturated carbocycles. The highest BCUT2D eigenvalue weighted by molar-refractivity contribution is 6.30. The third kappa shape index (κ3) is 5.83. The fourth-order valence-corrected chi connectivity index (χ4v) is 4.26. The Morgan fingerprint density at radius 3 is 2.29 bits per heavy atom. The zero-order valence-corrected chi connectivity index (χ0v) is 19.4. The number of hydrogen-bond donors (Lipinski definition) is 0. The van der Waals surface area contributed by atoms with Gasteiger partial charge >= 0.3 is 0 Å². The first-order valence-corrected chi connectivity index (χ1v) is 10.8. The molecule has 1 amide bonds. The van der Waals surface area contributed by atoms with E-state index in [1.165, 1.54) is 5.56 Å². The molecule has 0 N–H and O–H groups in total. The van der Waals surface area contributed by atoms with Gasteiger partial charge in [0.15, 0.2) is 11.5 Å². The van der Waals surface area contributed by atoms with Gasteiger partial charge in [-0.15, -0.1) is 0 Å². The first kappa shape index (κ1) is 23.2. The van der Waals surface area contributed by atoms with E-state index in [4.69, 9.17) is 25.8 Å². The van der Waals surface area contributed by atoms with Crippen LogP contribution in [0.5, 0.6) is 17.2 Å². The van der Waals surface area contributed by atoms with Gasteiger partial charge in [-0.05, 0) is 54.8 Å². The molecule has 6 nitrogen and oxygen atoms in total. The van der Waals surface area contributed by atoms with Crippen molar-refractivity contribution in [1.82, 2.24) is 9.80 Å². The molecule has 1 heterocycles. The quantitative estimate of drug-likeness (QED) is 0.607. The van der Waals surface area contributed by atoms with Crippen molar-refractivity contribution in [3.05, 3.63) is 52.5 Å². The Kier molecular flexibility index (Phi) is 8.04. The Morgan fingerprint density at radius 1 is 1.06 bits per heavy atom. The monoisotopic (exact) mass is 446 g/mol. The Bertz CT molecular complexity index is 863. The average molecular weight is 447 g/mol. The number of methoxy groups -OCH3 is 3. The summed E-state index contributed by atoms with van der Waals surface area (Å²) in [5.41, 5.74) is 2.14. The molecule has 2 aromatic carbocycles. The van der Waals surface area contributed by atoms with Crippen LogP contribution in [-0.4, -0.2) is 57.2 Å². The largest absolute Gasteiger partial charge is 0.493 e. The summed E-state index contributed by atoms with van der Waals surface area (Å²) in [4.78, 5) is 17.3. The summed E-state index contributed by atoms with van der Waals surface area (Å²) in [6.07, 6.45) is 1.93. The fraction of sp³-hybridized carbons (Fsp3) is 0.458. The maximum Gasteiger partial charge on any atom is 0.227 e. The molecule has 0 radical (unpaired) electrons. The number of piperidine rings is 1. The second kappa shape index (κ2) is 10.7. The molecule has 0 aliphatic carbocycles. The van der Waals surface area contributed by atoms with E-state index in [0.717, 1.165) is 43.1 Å². The van der Waals surface area contributed by atoms with Crippen molar-refractivity contribution in [2.24, 2.45) is 5.92 Å². The highest BCUT2D eigenvalue weighted by atomic mass is 35.5. The van der Waals surface area contributed by atoms with Crippen LogP contribution in [0, 0.1) is 5.92 Å². The zero-order chi connectivity index (χ0) is 22.4. The SMILES string of the molecule is COc1cc(CN(C)C(=O)C2CCCN(Cc3ccc(Cl)cc3)C2)cc(OC)c1OC. The van der Waals surface area contributed by atoms with Gasteiger partial charge in [0.2, 0.25) is 11.7 Å². The number of rotatable bonds is 8. The van der Waals surface area contributed by atoms with Crippen LogP contribution in [-0.2, 0) is 17.9 Å². The van der Waals surface area contributed by atoms with Gasteiger partial charge in [0.25, 0.3) is 0 Å². The Hall–Kier alpha value is -2.44. The van der Waals surface area contributed by atoms with Gasteiger partial charge in [0.1, 0.15) is 0 Å². The summed E-state index contributed by atoms with van der Waals surface area (Å²) in [6.45, 7) is 3.07. The average Bonchev–Trinajstić information content (AvgIpc) is 2.79. The second-order valence-electron chi connectivity index (χ2n) is 7.93. The fourth-order valence-electron chi connectivity index (χ4n) is 4.14. The molecule has 1 aliphatic rings. The van der Waals surface area contributed by atoms with Crippen LogP contribution in [0.2, 0.25) is 5.02 Å². The first-order valence-electron chi connectivity index (χ1n) is 10.5. The van der Waals surface area contributed by atoms with Crippen LogP contribution in [0.15, 0.2) is 36.4 Å². The number of ether oxygens (including phenoxy) is 3. The molecule has 1 atom stereocenters. The topological polar surface area (TPSA) is 51.2 Å². The molecule has 168 valence electrons. The van der Waals surface area contributed by atoms with E-state index in [-0.39, 0.29) is 11.8 Å². The molecular formula is C24H31ClN2O4. The molecule has 1 fully saturated rings. The highest BCUT2D eigenvalue weighted by Crippen LogP contribution is 2.38. The lowest BCUT2D eigenvalue weighted by Crippen LogP contribution is -2.43. The number of carbonyl (C=O) groups is 1. The summed E-state index contributed by atoms with van der Waals surface area (Å²) in [5, 5.41) is 0.740. The lowest BCUT2D eigenvalue weighted by atomic mass is 9.96. The molecule has 1 unspecified atom stereocenters. The summed E-state index contributed by atoms with van der Waals surface area (Å²) in [6, 6.07) is 11.7. The standard InChI is InChI=1S/C24H31ClN2O4/c1-26(14-18-12-21(29-2)23(31-4)22(13-18)30-3)24(28)19-6-5-11-27(16-19)15-17-7-9-20(25)10-8-17/h7-10,12-13,19H,5-6,11,14-16H2,1-4H3. The minimum atomic E-state index is -0.00640. The van der Waals surface area contributed by atoms with Crippen molar-refractivity contribution in [2.45, 2.75) is 25.9 Å². The van der Waals surface area contributed by atoms with E-state index in [1.807, 2.05) is 43.4 Å². The minimum absolute atomic E-state index is 0.00640. The number of benzene rings is 2. The Morgan fingerprint density at radius 2 is 1.71 bits per heavy atom. The van der Waals surface area contributed by atoms with Crippen molar-refractivity contribution in [3.8, 4) is 17.2 Å². The van der Waals surface area contributed by atoms with Crippen LogP contribution in [0.4, 0.5) is 0 Å². The smallest absolute Gasteiger partial charge is 0.227 e. The number of carbonyl (C=O) groups excluding carboxylic acids is 1. The number of likely N-dealkylation sites (tertiary alicyclic amines) is 1. The van der Waals surface area contributed by atoms with Crippen LogP contribution in [0.3, 0.4) is 0 Å². The number of halogens is 1. The van der Waals surface area contributed by atoms with Gasteiger partial charge in [-0.1, -0.05) is 23.7 Å². The number of nitrogens with zero attached hydrogens (tertiary/aromatic N) is 2. The first-order chi connectivity index (χ1) is 14.9. The summed E-state index contributed by atoms with van der Waals surface area (Å²) >= 11 is 5.99. The van der Waals surface area contributed by atoms with E-state index in [1.54, 1.807) is 26.2 Å². The molecule has 0 bridgehead atoms. The predicted octanol–water partition coefficient (Wildman–Crippen LogP) is 4.24. The molecular weight excluding hydrogens is 416 g/mol. The molecule has 2 aromatic rings. The van der Waals surface area contributed by atoms with Crippen molar-refractivity contribution in [2.75, 3.05) is 41.5 Å². The van der Waals surface area contributed by atoms with Gasteiger partial charge in [-0.2, -0.15) is 0 Å². The van der Waals surface area contributed by atoms with Crippen LogP contribution in [0.1, 0.15) is 24.0 Å². The molecule has 3 rings (SSSR count). The third-order valence-corrected chi connectivity index (χ3v) is 5.95. The Labute approximate surface area is 189 Å². The van der Waals surface area contributed by atoms with E-state index in [9.17, 15) is 4.79 Å². The third-order valence-electron chi connectivity index (χ3n) is 5.69. The normalized spacial score (nSPS) is 16.6. The maximum atomic E-state index is 13.2. The van der Waals surface area contributed by atoms with Gasteiger partial charge in [-0.3, -0.25) is 9.69 Å². The van der Waals surface area contributed by atoms with Crippen molar-refractivity contribution in [3.63, 3.8) is 0 Å². The Balaban J connectivity index is 1.64. The second-order valence-corrected chi connectivity index (χ2v) is 8.37. The number of hydrogen-bond acceptors (Lipinski definition) is 5. The van der Waals surface area contributed by atoms with Crippen molar-refractivity contribution in [1.29, 1.82) is 0 Å². The van der Waals surface area contributed by atoms with Crippen LogP contribution >= 0.6 is 11.6 Å². The molecule has 0 spiro atoms.